The van der Waals surface area contributed by atoms with Crippen molar-refractivity contribution >= 4 is 11.4 Å². The molecule has 2 aromatic carbocycles. The molecule has 0 radical (unpaired) electrons. The van der Waals surface area contributed by atoms with E-state index in [4.69, 9.17) is 10.5 Å². The van der Waals surface area contributed by atoms with Gasteiger partial charge in [-0.05, 0) is 62.4 Å². The average Bonchev–Trinajstić information content (AvgIpc) is 2.49. The molecule has 0 aliphatic heterocycles. The number of para-hydroxylation sites is 1. The van der Waals surface area contributed by atoms with E-state index in [-0.39, 0.29) is 0 Å². The van der Waals surface area contributed by atoms with Crippen molar-refractivity contribution in [2.75, 3.05) is 24.2 Å². The van der Waals surface area contributed by atoms with Crippen LogP contribution in [0.3, 0.4) is 0 Å². The van der Waals surface area contributed by atoms with Crippen LogP contribution in [0.25, 0.3) is 0 Å². The number of hydrogen-bond acceptors (Lipinski definition) is 3. The number of nitrogen functional groups attached to an aromatic ring is 1. The monoisotopic (exact) mass is 298 g/mol. The van der Waals surface area contributed by atoms with Gasteiger partial charge in [0.15, 0.2) is 0 Å². The lowest BCUT2D eigenvalue weighted by Gasteiger charge is -2.13. The molecule has 0 heterocycles. The number of benzene rings is 2. The maximum Gasteiger partial charge on any atom is 0.142 e. The first-order chi connectivity index (χ1) is 10.6. The van der Waals surface area contributed by atoms with Gasteiger partial charge in [0.2, 0.25) is 0 Å². The van der Waals surface area contributed by atoms with Crippen LogP contribution in [0, 0.1) is 13.8 Å². The summed E-state index contributed by atoms with van der Waals surface area (Å²) in [5.74, 6) is 0.778. The summed E-state index contributed by atoms with van der Waals surface area (Å²) in [4.78, 5) is 0. The minimum Gasteiger partial charge on any atom is -0.492 e. The van der Waals surface area contributed by atoms with Crippen molar-refractivity contribution in [1.29, 1.82) is 0 Å². The predicted molar refractivity (Wildman–Crippen MR) is 94.8 cm³/mol. The molecule has 0 aromatic heterocycles. The zero-order valence-corrected chi connectivity index (χ0v) is 13.8. The molecular weight excluding hydrogens is 272 g/mol. The summed E-state index contributed by atoms with van der Waals surface area (Å²) in [6.07, 6.45) is 2.08. The Morgan fingerprint density at radius 3 is 2.45 bits per heavy atom. The second kappa shape index (κ2) is 7.74. The van der Waals surface area contributed by atoms with Gasteiger partial charge >= 0.3 is 0 Å². The van der Waals surface area contributed by atoms with Crippen molar-refractivity contribution < 1.29 is 4.74 Å². The smallest absolute Gasteiger partial charge is 0.142 e. The van der Waals surface area contributed by atoms with E-state index >= 15 is 0 Å². The number of aryl methyl sites for hydroxylation is 3. The maximum absolute atomic E-state index is 6.00. The van der Waals surface area contributed by atoms with E-state index in [0.29, 0.717) is 6.61 Å². The van der Waals surface area contributed by atoms with Crippen LogP contribution in [0.4, 0.5) is 11.4 Å². The third-order valence-corrected chi connectivity index (χ3v) is 3.80. The fourth-order valence-electron chi connectivity index (χ4n) is 2.64. The standard InChI is InChI=1S/C19H26N2O/c1-4-22-18-11-10-16(13-17(18)20)9-6-12-21-19-14(2)7-5-8-15(19)3/h5,7-8,10-11,13,21H,4,6,9,12,20H2,1-3H3. The Labute approximate surface area is 133 Å². The molecular formula is C19H26N2O. The van der Waals surface area contributed by atoms with Crippen LogP contribution in [-0.4, -0.2) is 13.2 Å². The highest BCUT2D eigenvalue weighted by atomic mass is 16.5. The Morgan fingerprint density at radius 2 is 1.82 bits per heavy atom. The molecule has 0 spiro atoms. The molecule has 0 atom stereocenters. The van der Waals surface area contributed by atoms with Crippen LogP contribution >= 0.6 is 0 Å². The van der Waals surface area contributed by atoms with E-state index in [9.17, 15) is 0 Å². The van der Waals surface area contributed by atoms with Gasteiger partial charge < -0.3 is 15.8 Å². The molecule has 3 nitrogen and oxygen atoms in total. The largest absolute Gasteiger partial charge is 0.492 e. The van der Waals surface area contributed by atoms with Gasteiger partial charge in [0, 0.05) is 12.2 Å². The maximum atomic E-state index is 6.00. The lowest BCUT2D eigenvalue weighted by Crippen LogP contribution is -2.06. The van der Waals surface area contributed by atoms with E-state index < -0.39 is 0 Å². The molecule has 22 heavy (non-hydrogen) atoms. The van der Waals surface area contributed by atoms with Crippen molar-refractivity contribution in [2.45, 2.75) is 33.6 Å². The Bertz CT molecular complexity index is 603. The van der Waals surface area contributed by atoms with E-state index in [1.807, 2.05) is 19.1 Å². The Morgan fingerprint density at radius 1 is 1.09 bits per heavy atom. The van der Waals surface area contributed by atoms with Gasteiger partial charge in [-0.3, -0.25) is 0 Å². The molecule has 3 N–H and O–H groups in total. The van der Waals surface area contributed by atoms with E-state index in [1.165, 1.54) is 22.4 Å². The van der Waals surface area contributed by atoms with E-state index in [0.717, 1.165) is 30.8 Å². The second-order valence-corrected chi connectivity index (χ2v) is 5.60. The first-order valence-electron chi connectivity index (χ1n) is 7.93. The zero-order valence-electron chi connectivity index (χ0n) is 13.8. The van der Waals surface area contributed by atoms with Crippen LogP contribution in [-0.2, 0) is 6.42 Å². The molecule has 2 aromatic rings. The Hall–Kier alpha value is -2.16. The highest BCUT2D eigenvalue weighted by molar-refractivity contribution is 5.56. The number of nitrogens with two attached hydrogens (primary N) is 1. The lowest BCUT2D eigenvalue weighted by molar-refractivity contribution is 0.342. The van der Waals surface area contributed by atoms with Crippen LogP contribution in [0.1, 0.15) is 30.0 Å². The second-order valence-electron chi connectivity index (χ2n) is 5.60. The highest BCUT2D eigenvalue weighted by Crippen LogP contribution is 2.23. The van der Waals surface area contributed by atoms with Crippen LogP contribution in [0.5, 0.6) is 5.75 Å². The first-order valence-corrected chi connectivity index (χ1v) is 7.93. The van der Waals surface area contributed by atoms with Crippen LogP contribution in [0.2, 0.25) is 0 Å². The summed E-state index contributed by atoms with van der Waals surface area (Å²) in [5.41, 5.74) is 11.8. The van der Waals surface area contributed by atoms with Crippen LogP contribution < -0.4 is 15.8 Å². The number of ether oxygens (including phenoxy) is 1. The minimum absolute atomic E-state index is 0.642. The molecule has 0 aliphatic carbocycles. The highest BCUT2D eigenvalue weighted by Gasteiger charge is 2.03. The predicted octanol–water partition coefficient (Wildman–Crippen LogP) is 4.33. The van der Waals surface area contributed by atoms with Crippen molar-refractivity contribution in [1.82, 2.24) is 0 Å². The number of hydrogen-bond donors (Lipinski definition) is 2. The van der Waals surface area contributed by atoms with Crippen LogP contribution in [0.15, 0.2) is 36.4 Å². The van der Waals surface area contributed by atoms with Gasteiger partial charge in [0.25, 0.3) is 0 Å². The SMILES string of the molecule is CCOc1ccc(CCCNc2c(C)cccc2C)cc1N. The summed E-state index contributed by atoms with van der Waals surface area (Å²) in [7, 11) is 0. The quantitative estimate of drug-likeness (QED) is 0.591. The van der Waals surface area contributed by atoms with Gasteiger partial charge in [-0.25, -0.2) is 0 Å². The lowest BCUT2D eigenvalue weighted by atomic mass is 10.1. The van der Waals surface area contributed by atoms with E-state index in [1.54, 1.807) is 0 Å². The average molecular weight is 298 g/mol. The van der Waals surface area contributed by atoms with Gasteiger partial charge in [0.1, 0.15) is 5.75 Å². The third kappa shape index (κ3) is 4.17. The summed E-state index contributed by atoms with van der Waals surface area (Å²) in [6.45, 7) is 7.85. The topological polar surface area (TPSA) is 47.3 Å². The van der Waals surface area contributed by atoms with Gasteiger partial charge in [-0.15, -0.1) is 0 Å². The van der Waals surface area contributed by atoms with Crippen molar-refractivity contribution in [2.24, 2.45) is 0 Å². The molecule has 0 aliphatic rings. The summed E-state index contributed by atoms with van der Waals surface area (Å²) >= 11 is 0. The Balaban J connectivity index is 1.85. The molecule has 0 unspecified atom stereocenters. The summed E-state index contributed by atoms with van der Waals surface area (Å²) in [5, 5.41) is 3.54. The van der Waals surface area contributed by atoms with Crippen molar-refractivity contribution in [3.05, 3.63) is 53.1 Å². The molecule has 0 saturated carbocycles. The number of rotatable bonds is 7. The normalized spacial score (nSPS) is 10.5. The molecule has 2 rings (SSSR count). The number of anilines is 2. The van der Waals surface area contributed by atoms with Gasteiger partial charge in [-0.2, -0.15) is 0 Å². The zero-order chi connectivity index (χ0) is 15.9. The summed E-state index contributed by atoms with van der Waals surface area (Å²) < 4.78 is 5.46. The molecule has 0 amide bonds. The van der Waals surface area contributed by atoms with E-state index in [2.05, 4.69) is 43.4 Å². The molecule has 0 saturated heterocycles. The van der Waals surface area contributed by atoms with Gasteiger partial charge in [0.05, 0.1) is 12.3 Å². The first kappa shape index (κ1) is 16.2. The fourth-order valence-corrected chi connectivity index (χ4v) is 2.64. The minimum atomic E-state index is 0.642. The van der Waals surface area contributed by atoms with Crippen molar-refractivity contribution in [3.8, 4) is 5.75 Å². The summed E-state index contributed by atoms with van der Waals surface area (Å²) in [6, 6.07) is 12.5. The Kier molecular flexibility index (Phi) is 5.70. The molecule has 3 heteroatoms. The van der Waals surface area contributed by atoms with Crippen molar-refractivity contribution in [3.63, 3.8) is 0 Å². The van der Waals surface area contributed by atoms with Gasteiger partial charge in [-0.1, -0.05) is 24.3 Å². The number of nitrogens with one attached hydrogen (secondary N) is 1. The fraction of sp³-hybridized carbons (Fsp3) is 0.368. The molecule has 118 valence electrons. The molecule has 0 fully saturated rings. The third-order valence-electron chi connectivity index (χ3n) is 3.80. The molecule has 0 bridgehead atoms.